The summed E-state index contributed by atoms with van der Waals surface area (Å²) in [5, 5.41) is 8.95. The summed E-state index contributed by atoms with van der Waals surface area (Å²) in [6.07, 6.45) is 6.73. The van der Waals surface area contributed by atoms with E-state index in [9.17, 15) is 4.79 Å². The number of aliphatic carboxylic acids is 1. The molecule has 1 aromatic heterocycles. The number of hydrogen-bond donors (Lipinski definition) is 1. The fourth-order valence-electron chi connectivity index (χ4n) is 3.95. The summed E-state index contributed by atoms with van der Waals surface area (Å²) in [7, 11) is 0. The Labute approximate surface area is 169 Å². The number of rotatable bonds is 5. The van der Waals surface area contributed by atoms with Crippen LogP contribution in [0.15, 0.2) is 42.6 Å². The number of aromatic nitrogens is 1. The third-order valence-corrected chi connectivity index (χ3v) is 5.73. The Balaban J connectivity index is 1.38. The minimum Gasteiger partial charge on any atom is -0.481 e. The lowest BCUT2D eigenvalue weighted by Gasteiger charge is -2.24. The SMILES string of the molecule is C[C@@]1(c2ccc(C3CC3)cn2)Oc2cccc(C3=CC[C@H](CC(=O)O)OC3)c2O1. The number of para-hydroxylation sites is 1. The molecule has 1 aliphatic carbocycles. The maximum atomic E-state index is 10.9. The molecular formula is C23H23NO5. The third kappa shape index (κ3) is 3.49. The zero-order valence-electron chi connectivity index (χ0n) is 16.3. The van der Waals surface area contributed by atoms with Crippen molar-refractivity contribution in [2.45, 2.75) is 50.4 Å². The number of fused-ring (bicyclic) bond motifs is 1. The highest BCUT2D eigenvalue weighted by atomic mass is 16.7. The van der Waals surface area contributed by atoms with Crippen molar-refractivity contribution in [2.24, 2.45) is 0 Å². The molecule has 2 atom stereocenters. The second-order valence-corrected chi connectivity index (χ2v) is 8.03. The third-order valence-electron chi connectivity index (χ3n) is 5.73. The molecule has 1 fully saturated rings. The standard InChI is InChI=1S/C23H23NO5/c1-23(20-10-8-15(12-24-20)14-5-6-14)28-19-4-2-3-18(22(19)29-23)16-7-9-17(27-13-16)11-21(25)26/h2-4,7-8,10,12,14,17H,5-6,9,11,13H2,1H3,(H,25,26)/t17-,23-/m1/s1. The van der Waals surface area contributed by atoms with E-state index in [2.05, 4.69) is 11.1 Å². The van der Waals surface area contributed by atoms with Gasteiger partial charge in [-0.05, 0) is 48.4 Å². The van der Waals surface area contributed by atoms with Gasteiger partial charge in [-0.3, -0.25) is 9.78 Å². The van der Waals surface area contributed by atoms with Gasteiger partial charge in [0.05, 0.1) is 19.1 Å². The average Bonchev–Trinajstić information content (AvgIpc) is 3.49. The van der Waals surface area contributed by atoms with E-state index in [4.69, 9.17) is 19.3 Å². The summed E-state index contributed by atoms with van der Waals surface area (Å²) in [6.45, 7) is 2.23. The first-order valence-electron chi connectivity index (χ1n) is 10.0. The minimum atomic E-state index is -0.984. The lowest BCUT2D eigenvalue weighted by Crippen LogP contribution is -2.32. The molecule has 150 valence electrons. The van der Waals surface area contributed by atoms with Gasteiger partial charge in [-0.25, -0.2) is 0 Å². The first-order valence-corrected chi connectivity index (χ1v) is 10.0. The first-order chi connectivity index (χ1) is 14.0. The van der Waals surface area contributed by atoms with Crippen LogP contribution in [0.1, 0.15) is 55.3 Å². The highest BCUT2D eigenvalue weighted by molar-refractivity contribution is 5.75. The Morgan fingerprint density at radius 3 is 2.76 bits per heavy atom. The predicted molar refractivity (Wildman–Crippen MR) is 106 cm³/mol. The van der Waals surface area contributed by atoms with Gasteiger partial charge in [0, 0.05) is 18.7 Å². The van der Waals surface area contributed by atoms with E-state index in [1.165, 1.54) is 18.4 Å². The lowest BCUT2D eigenvalue weighted by molar-refractivity contribution is -0.140. The number of carboxylic acids is 1. The quantitative estimate of drug-likeness (QED) is 0.818. The van der Waals surface area contributed by atoms with Crippen molar-refractivity contribution in [3.63, 3.8) is 0 Å². The van der Waals surface area contributed by atoms with Crippen LogP contribution in [0.5, 0.6) is 11.5 Å². The summed E-state index contributed by atoms with van der Waals surface area (Å²) < 4.78 is 18.2. The molecule has 2 aromatic rings. The fraction of sp³-hybridized carbons (Fsp3) is 0.391. The molecule has 0 radical (unpaired) electrons. The van der Waals surface area contributed by atoms with Crippen LogP contribution in [0.3, 0.4) is 0 Å². The summed E-state index contributed by atoms with van der Waals surface area (Å²) in [5.41, 5.74) is 3.90. The normalized spacial score (nSPS) is 25.6. The smallest absolute Gasteiger partial charge is 0.305 e. The number of carbonyl (C=O) groups is 1. The molecule has 0 amide bonds. The second kappa shape index (κ2) is 6.88. The molecule has 1 saturated carbocycles. The van der Waals surface area contributed by atoms with Crippen molar-refractivity contribution in [2.75, 3.05) is 6.61 Å². The van der Waals surface area contributed by atoms with Crippen molar-refractivity contribution in [3.05, 3.63) is 59.4 Å². The van der Waals surface area contributed by atoms with E-state index in [0.717, 1.165) is 16.8 Å². The van der Waals surface area contributed by atoms with Gasteiger partial charge in [0.1, 0.15) is 5.69 Å². The Hall–Kier alpha value is -2.86. The molecule has 2 aliphatic heterocycles. The number of pyridine rings is 1. The molecule has 3 aliphatic rings. The fourth-order valence-corrected chi connectivity index (χ4v) is 3.95. The van der Waals surface area contributed by atoms with E-state index in [0.29, 0.717) is 30.4 Å². The lowest BCUT2D eigenvalue weighted by atomic mass is 9.99. The summed E-state index contributed by atoms with van der Waals surface area (Å²) in [6, 6.07) is 9.89. The van der Waals surface area contributed by atoms with Gasteiger partial charge in [-0.1, -0.05) is 24.3 Å². The van der Waals surface area contributed by atoms with Gasteiger partial charge >= 0.3 is 5.97 Å². The number of benzene rings is 1. The van der Waals surface area contributed by atoms with Gasteiger partial charge in [-0.2, -0.15) is 0 Å². The van der Waals surface area contributed by atoms with Gasteiger partial charge < -0.3 is 19.3 Å². The Bertz CT molecular complexity index is 979. The van der Waals surface area contributed by atoms with Crippen LogP contribution in [0.4, 0.5) is 0 Å². The monoisotopic (exact) mass is 393 g/mol. The maximum Gasteiger partial charge on any atom is 0.305 e. The second-order valence-electron chi connectivity index (χ2n) is 8.03. The maximum absolute atomic E-state index is 10.9. The Morgan fingerprint density at radius 1 is 1.24 bits per heavy atom. The van der Waals surface area contributed by atoms with Gasteiger partial charge in [0.25, 0.3) is 5.79 Å². The van der Waals surface area contributed by atoms with Crippen LogP contribution in [0.2, 0.25) is 0 Å². The largest absolute Gasteiger partial charge is 0.481 e. The van der Waals surface area contributed by atoms with Crippen molar-refractivity contribution < 1.29 is 24.1 Å². The van der Waals surface area contributed by atoms with E-state index < -0.39 is 11.8 Å². The first kappa shape index (κ1) is 18.2. The average molecular weight is 393 g/mol. The van der Waals surface area contributed by atoms with Gasteiger partial charge in [0.15, 0.2) is 11.5 Å². The molecule has 0 spiro atoms. The van der Waals surface area contributed by atoms with Crippen LogP contribution in [-0.2, 0) is 15.3 Å². The molecule has 1 aromatic carbocycles. The molecule has 0 bridgehead atoms. The predicted octanol–water partition coefficient (Wildman–Crippen LogP) is 4.25. The summed E-state index contributed by atoms with van der Waals surface area (Å²) in [4.78, 5) is 15.5. The zero-order chi connectivity index (χ0) is 20.0. The van der Waals surface area contributed by atoms with Crippen molar-refractivity contribution in [1.29, 1.82) is 0 Å². The number of hydrogen-bond acceptors (Lipinski definition) is 5. The molecular weight excluding hydrogens is 370 g/mol. The number of ether oxygens (including phenoxy) is 3. The van der Waals surface area contributed by atoms with Gasteiger partial charge in [-0.15, -0.1) is 0 Å². The van der Waals surface area contributed by atoms with Crippen LogP contribution in [0, 0.1) is 0 Å². The van der Waals surface area contributed by atoms with E-state index in [-0.39, 0.29) is 12.5 Å². The molecule has 0 saturated heterocycles. The highest BCUT2D eigenvalue weighted by Gasteiger charge is 2.42. The molecule has 5 rings (SSSR count). The van der Waals surface area contributed by atoms with Crippen molar-refractivity contribution in [3.8, 4) is 11.5 Å². The van der Waals surface area contributed by atoms with Gasteiger partial charge in [0.2, 0.25) is 0 Å². The zero-order valence-corrected chi connectivity index (χ0v) is 16.3. The minimum absolute atomic E-state index is 0.0108. The van der Waals surface area contributed by atoms with Crippen molar-refractivity contribution in [1.82, 2.24) is 4.98 Å². The molecule has 6 nitrogen and oxygen atoms in total. The number of nitrogens with zero attached hydrogens (tertiary/aromatic N) is 1. The van der Waals surface area contributed by atoms with E-state index >= 15 is 0 Å². The van der Waals surface area contributed by atoms with E-state index in [1.54, 1.807) is 0 Å². The van der Waals surface area contributed by atoms with Crippen LogP contribution in [-0.4, -0.2) is 28.8 Å². The Morgan fingerprint density at radius 2 is 2.10 bits per heavy atom. The van der Waals surface area contributed by atoms with Crippen molar-refractivity contribution >= 4 is 11.5 Å². The molecule has 6 heteroatoms. The topological polar surface area (TPSA) is 77.9 Å². The van der Waals surface area contributed by atoms with E-state index in [1.807, 2.05) is 43.5 Å². The molecule has 1 N–H and O–H groups in total. The van der Waals surface area contributed by atoms with Crippen LogP contribution >= 0.6 is 0 Å². The number of carboxylic acid groups (broad SMARTS) is 1. The molecule has 3 heterocycles. The van der Waals surface area contributed by atoms with Crippen LogP contribution < -0.4 is 9.47 Å². The molecule has 29 heavy (non-hydrogen) atoms. The Kier molecular flexibility index (Phi) is 4.32. The molecule has 0 unspecified atom stereocenters. The van der Waals surface area contributed by atoms with Crippen LogP contribution in [0.25, 0.3) is 5.57 Å². The summed E-state index contributed by atoms with van der Waals surface area (Å²) in [5.74, 6) is 0.172. The highest BCUT2D eigenvalue weighted by Crippen LogP contribution is 2.48. The summed E-state index contributed by atoms with van der Waals surface area (Å²) >= 11 is 0.